The Labute approximate surface area is 252 Å². The molecule has 2 aliphatic heterocycles. The Bertz CT molecular complexity index is 1580. The van der Waals surface area contributed by atoms with Gasteiger partial charge in [-0.3, -0.25) is 8.98 Å². The topological polar surface area (TPSA) is 129 Å². The number of piperidine rings is 1. The fourth-order valence-electron chi connectivity index (χ4n) is 4.82. The summed E-state index contributed by atoms with van der Waals surface area (Å²) in [5, 5.41) is 3.40. The SMILES string of the molecule is C[C@@H](OS(C)(=O)=O)C(=O)N1CCC(Oc2cc3c(Nc4ccc(Cl)c(Cl)c4F)ncnc3cc2OC2CCOC2)CC1. The lowest BCUT2D eigenvalue weighted by Crippen LogP contribution is -2.46. The van der Waals surface area contributed by atoms with Gasteiger partial charge in [0.15, 0.2) is 23.4 Å². The standard InChI is InChI=1S/C27H29Cl2FN4O7S/c1-15(41-42(2,36)37)27(35)34-8-5-16(6-9-34)39-22-11-18-21(12-23(22)40-17-7-10-38-13-17)31-14-32-26(18)33-20-4-3-19(28)24(29)25(20)30/h3-4,11-12,14-17H,5-10,13H2,1-2H3,(H,31,32,33)/t15-,17?/m1/s1. The van der Waals surface area contributed by atoms with Gasteiger partial charge in [-0.2, -0.15) is 8.42 Å². The summed E-state index contributed by atoms with van der Waals surface area (Å²) >= 11 is 11.9. The normalized spacial score (nSPS) is 18.7. The number of benzene rings is 2. The van der Waals surface area contributed by atoms with Crippen LogP contribution in [0.2, 0.25) is 10.0 Å². The molecule has 3 aromatic rings. The number of nitrogens with one attached hydrogen (secondary N) is 1. The van der Waals surface area contributed by atoms with Crippen LogP contribution in [0.5, 0.6) is 11.5 Å². The average Bonchev–Trinajstić information content (AvgIpc) is 3.46. The van der Waals surface area contributed by atoms with E-state index in [0.29, 0.717) is 67.4 Å². The number of rotatable bonds is 9. The number of anilines is 2. The van der Waals surface area contributed by atoms with Crippen LogP contribution in [-0.4, -0.2) is 80.1 Å². The first-order valence-electron chi connectivity index (χ1n) is 13.3. The molecule has 226 valence electrons. The lowest BCUT2D eigenvalue weighted by Gasteiger charge is -2.33. The molecule has 1 unspecified atom stereocenters. The van der Waals surface area contributed by atoms with Gasteiger partial charge in [-0.25, -0.2) is 14.4 Å². The Morgan fingerprint density at radius 3 is 2.52 bits per heavy atom. The number of hydrogen-bond donors (Lipinski definition) is 1. The lowest BCUT2D eigenvalue weighted by atomic mass is 10.1. The Balaban J connectivity index is 1.39. The Morgan fingerprint density at radius 1 is 1.12 bits per heavy atom. The molecule has 0 aliphatic carbocycles. The van der Waals surface area contributed by atoms with Crippen LogP contribution in [0.25, 0.3) is 10.9 Å². The summed E-state index contributed by atoms with van der Waals surface area (Å²) in [5.41, 5.74) is 0.621. The van der Waals surface area contributed by atoms with Gasteiger partial charge in [-0.05, 0) is 25.1 Å². The van der Waals surface area contributed by atoms with Gasteiger partial charge >= 0.3 is 0 Å². The quantitative estimate of drug-likeness (QED) is 0.258. The summed E-state index contributed by atoms with van der Waals surface area (Å²) in [4.78, 5) is 22.9. The summed E-state index contributed by atoms with van der Waals surface area (Å²) in [6.45, 7) is 3.16. The zero-order valence-electron chi connectivity index (χ0n) is 22.8. The maximum absolute atomic E-state index is 14.8. The minimum Gasteiger partial charge on any atom is -0.486 e. The number of fused-ring (bicyclic) bond motifs is 1. The van der Waals surface area contributed by atoms with Crippen molar-refractivity contribution in [2.75, 3.05) is 37.9 Å². The maximum Gasteiger partial charge on any atom is 0.265 e. The monoisotopic (exact) mass is 642 g/mol. The van der Waals surface area contributed by atoms with Gasteiger partial charge in [0, 0.05) is 43.8 Å². The van der Waals surface area contributed by atoms with Crippen molar-refractivity contribution in [2.24, 2.45) is 0 Å². The van der Waals surface area contributed by atoms with Crippen LogP contribution in [0, 0.1) is 5.82 Å². The largest absolute Gasteiger partial charge is 0.486 e. The fourth-order valence-corrected chi connectivity index (χ4v) is 5.73. The number of nitrogens with zero attached hydrogens (tertiary/aromatic N) is 3. The van der Waals surface area contributed by atoms with E-state index < -0.39 is 27.9 Å². The van der Waals surface area contributed by atoms with Gasteiger partial charge in [0.1, 0.15) is 24.4 Å². The average molecular weight is 644 g/mol. The van der Waals surface area contributed by atoms with E-state index in [1.807, 2.05) is 0 Å². The molecule has 1 aromatic heterocycles. The third-order valence-corrected chi connectivity index (χ3v) is 8.30. The molecule has 1 amide bonds. The van der Waals surface area contributed by atoms with E-state index in [9.17, 15) is 17.6 Å². The zero-order chi connectivity index (χ0) is 30.0. The van der Waals surface area contributed by atoms with Crippen molar-refractivity contribution in [3.8, 4) is 11.5 Å². The highest BCUT2D eigenvalue weighted by molar-refractivity contribution is 7.86. The number of aromatic nitrogens is 2. The van der Waals surface area contributed by atoms with Crippen LogP contribution < -0.4 is 14.8 Å². The molecule has 5 rings (SSSR count). The van der Waals surface area contributed by atoms with Crippen molar-refractivity contribution in [1.29, 1.82) is 0 Å². The first-order chi connectivity index (χ1) is 20.0. The molecular formula is C27H29Cl2FN4O7S. The zero-order valence-corrected chi connectivity index (χ0v) is 25.1. The van der Waals surface area contributed by atoms with Gasteiger partial charge in [0.2, 0.25) is 0 Å². The first kappa shape index (κ1) is 30.5. The Morgan fingerprint density at radius 2 is 1.83 bits per heavy atom. The maximum atomic E-state index is 14.8. The number of likely N-dealkylation sites (tertiary alicyclic amines) is 1. The highest BCUT2D eigenvalue weighted by atomic mass is 35.5. The number of carbonyl (C=O) groups excluding carboxylic acids is 1. The molecular weight excluding hydrogens is 614 g/mol. The van der Waals surface area contributed by atoms with Gasteiger partial charge < -0.3 is 24.4 Å². The number of hydrogen-bond acceptors (Lipinski definition) is 10. The lowest BCUT2D eigenvalue weighted by molar-refractivity contribution is -0.139. The summed E-state index contributed by atoms with van der Waals surface area (Å²) in [6.07, 6.45) is 2.42. The van der Waals surface area contributed by atoms with Crippen molar-refractivity contribution in [3.63, 3.8) is 0 Å². The van der Waals surface area contributed by atoms with E-state index in [2.05, 4.69) is 15.3 Å². The highest BCUT2D eigenvalue weighted by Crippen LogP contribution is 2.38. The smallest absolute Gasteiger partial charge is 0.265 e. The van der Waals surface area contributed by atoms with E-state index in [-0.39, 0.29) is 27.9 Å². The van der Waals surface area contributed by atoms with Crippen LogP contribution in [0.4, 0.5) is 15.9 Å². The molecule has 2 fully saturated rings. The van der Waals surface area contributed by atoms with E-state index in [1.54, 1.807) is 17.0 Å². The molecule has 0 radical (unpaired) electrons. The minimum absolute atomic E-state index is 0.0846. The van der Waals surface area contributed by atoms with Crippen molar-refractivity contribution in [3.05, 3.63) is 46.5 Å². The molecule has 2 atom stereocenters. The number of amides is 1. The molecule has 11 nitrogen and oxygen atoms in total. The predicted molar refractivity (Wildman–Crippen MR) is 155 cm³/mol. The molecule has 42 heavy (non-hydrogen) atoms. The van der Waals surface area contributed by atoms with E-state index >= 15 is 0 Å². The highest BCUT2D eigenvalue weighted by Gasteiger charge is 2.30. The van der Waals surface area contributed by atoms with Crippen molar-refractivity contribution in [1.82, 2.24) is 14.9 Å². The van der Waals surface area contributed by atoms with Gasteiger partial charge in [0.25, 0.3) is 16.0 Å². The number of ether oxygens (including phenoxy) is 3. The molecule has 2 aromatic carbocycles. The Kier molecular flexibility index (Phi) is 9.23. The number of halogens is 3. The van der Waals surface area contributed by atoms with Gasteiger partial charge in [-0.15, -0.1) is 0 Å². The molecule has 0 saturated carbocycles. The van der Waals surface area contributed by atoms with Crippen LogP contribution in [0.1, 0.15) is 26.2 Å². The van der Waals surface area contributed by atoms with Crippen molar-refractivity contribution < 1.29 is 36.0 Å². The molecule has 0 bridgehead atoms. The number of carbonyl (C=O) groups is 1. The molecule has 3 heterocycles. The third-order valence-electron chi connectivity index (χ3n) is 6.88. The predicted octanol–water partition coefficient (Wildman–Crippen LogP) is 4.72. The van der Waals surface area contributed by atoms with Crippen LogP contribution in [0.3, 0.4) is 0 Å². The second kappa shape index (κ2) is 12.7. The molecule has 0 spiro atoms. The van der Waals surface area contributed by atoms with E-state index in [1.165, 1.54) is 25.4 Å². The summed E-state index contributed by atoms with van der Waals surface area (Å²) < 4.78 is 60.6. The molecule has 15 heteroatoms. The second-order valence-corrected chi connectivity index (χ2v) is 12.5. The third kappa shape index (κ3) is 7.14. The van der Waals surface area contributed by atoms with Gasteiger partial charge in [-0.1, -0.05) is 23.2 Å². The van der Waals surface area contributed by atoms with Crippen molar-refractivity contribution in [2.45, 2.75) is 44.5 Å². The van der Waals surface area contributed by atoms with Crippen molar-refractivity contribution >= 4 is 61.6 Å². The van der Waals surface area contributed by atoms with Crippen LogP contribution in [-0.2, 0) is 23.8 Å². The van der Waals surface area contributed by atoms with Crippen LogP contribution in [0.15, 0.2) is 30.6 Å². The molecule has 1 N–H and O–H groups in total. The molecule has 2 aliphatic rings. The van der Waals surface area contributed by atoms with Gasteiger partial charge in [0.05, 0.1) is 40.7 Å². The summed E-state index contributed by atoms with van der Waals surface area (Å²) in [5.74, 6) is 0.0963. The first-order valence-corrected chi connectivity index (χ1v) is 15.8. The minimum atomic E-state index is -3.77. The van der Waals surface area contributed by atoms with Crippen LogP contribution >= 0.6 is 23.2 Å². The van der Waals surface area contributed by atoms with E-state index in [4.69, 9.17) is 41.6 Å². The molecule has 2 saturated heterocycles. The summed E-state index contributed by atoms with van der Waals surface area (Å²) in [6, 6.07) is 6.42. The summed E-state index contributed by atoms with van der Waals surface area (Å²) in [7, 11) is -3.77. The second-order valence-electron chi connectivity index (χ2n) is 10.1. The fraction of sp³-hybridized carbons (Fsp3) is 0.444. The van der Waals surface area contributed by atoms with E-state index in [0.717, 1.165) is 12.7 Å². The Hall–Kier alpha value is -2.97.